The van der Waals surface area contributed by atoms with E-state index in [2.05, 4.69) is 22.6 Å². The lowest BCUT2D eigenvalue weighted by atomic mass is 10.3. The quantitative estimate of drug-likeness (QED) is 0.621. The summed E-state index contributed by atoms with van der Waals surface area (Å²) in [6.07, 6.45) is 1.82. The van der Waals surface area contributed by atoms with Crippen LogP contribution in [0.15, 0.2) is 6.20 Å². The average Bonchev–Trinajstić information content (AvgIpc) is 1.88. The van der Waals surface area contributed by atoms with Crippen LogP contribution >= 0.6 is 12.6 Å². The Morgan fingerprint density at radius 2 is 2.20 bits per heavy atom. The van der Waals surface area contributed by atoms with Crippen LogP contribution in [-0.4, -0.2) is 9.97 Å². The van der Waals surface area contributed by atoms with Gasteiger partial charge in [0.2, 0.25) is 0 Å². The first-order valence-electron chi connectivity index (χ1n) is 3.14. The van der Waals surface area contributed by atoms with Gasteiger partial charge in [0.25, 0.3) is 0 Å². The van der Waals surface area contributed by atoms with Gasteiger partial charge in [0.15, 0.2) is 0 Å². The molecule has 0 amide bonds. The molecule has 0 saturated carbocycles. The zero-order valence-electron chi connectivity index (χ0n) is 6.13. The third kappa shape index (κ3) is 1.48. The highest BCUT2D eigenvalue weighted by Crippen LogP contribution is 2.05. The van der Waals surface area contributed by atoms with Crippen molar-refractivity contribution in [1.82, 2.24) is 9.97 Å². The summed E-state index contributed by atoms with van der Waals surface area (Å²) >= 11 is 4.13. The molecule has 0 radical (unpaired) electrons. The summed E-state index contributed by atoms with van der Waals surface area (Å²) in [6.45, 7) is 3.86. The predicted octanol–water partition coefficient (Wildman–Crippen LogP) is 1.52. The van der Waals surface area contributed by atoms with E-state index in [1.165, 1.54) is 0 Å². The number of rotatable bonds is 1. The van der Waals surface area contributed by atoms with Gasteiger partial charge in [0.1, 0.15) is 5.82 Å². The molecule has 0 spiro atoms. The molecular weight excluding hydrogens is 144 g/mol. The summed E-state index contributed by atoms with van der Waals surface area (Å²) in [4.78, 5) is 8.24. The van der Waals surface area contributed by atoms with Gasteiger partial charge >= 0.3 is 0 Å². The van der Waals surface area contributed by atoms with Gasteiger partial charge in [0.05, 0.1) is 0 Å². The highest BCUT2D eigenvalue weighted by Gasteiger charge is 1.96. The van der Waals surface area contributed by atoms with Crippen LogP contribution in [0.1, 0.15) is 17.1 Å². The fourth-order valence-electron chi connectivity index (χ4n) is 0.763. The molecule has 3 heteroatoms. The minimum atomic E-state index is 0.714. The SMILES string of the molecule is Cc1ncc(CS)c(C)n1. The Morgan fingerprint density at radius 3 is 2.70 bits per heavy atom. The van der Waals surface area contributed by atoms with Crippen LogP contribution in [0.3, 0.4) is 0 Å². The van der Waals surface area contributed by atoms with E-state index in [0.29, 0.717) is 5.75 Å². The van der Waals surface area contributed by atoms with Crippen LogP contribution in [0.2, 0.25) is 0 Å². The van der Waals surface area contributed by atoms with Crippen LogP contribution < -0.4 is 0 Å². The third-order valence-corrected chi connectivity index (χ3v) is 1.71. The van der Waals surface area contributed by atoms with Crippen molar-refractivity contribution in [1.29, 1.82) is 0 Å². The van der Waals surface area contributed by atoms with Crippen molar-refractivity contribution in [2.24, 2.45) is 0 Å². The largest absolute Gasteiger partial charge is 0.241 e. The molecule has 0 unspecified atom stereocenters. The maximum atomic E-state index is 4.18. The van der Waals surface area contributed by atoms with Gasteiger partial charge in [-0.15, -0.1) is 0 Å². The summed E-state index contributed by atoms with van der Waals surface area (Å²) in [5.74, 6) is 1.54. The van der Waals surface area contributed by atoms with E-state index in [-0.39, 0.29) is 0 Å². The molecule has 10 heavy (non-hydrogen) atoms. The number of hydrogen-bond acceptors (Lipinski definition) is 3. The smallest absolute Gasteiger partial charge is 0.125 e. The molecule has 54 valence electrons. The molecule has 0 atom stereocenters. The van der Waals surface area contributed by atoms with E-state index in [0.717, 1.165) is 17.1 Å². The number of thiol groups is 1. The molecule has 1 aromatic rings. The third-order valence-electron chi connectivity index (χ3n) is 1.37. The summed E-state index contributed by atoms with van der Waals surface area (Å²) < 4.78 is 0. The molecule has 0 bridgehead atoms. The Morgan fingerprint density at radius 1 is 1.50 bits per heavy atom. The second-order valence-electron chi connectivity index (χ2n) is 2.19. The zero-order valence-corrected chi connectivity index (χ0v) is 7.02. The Kier molecular flexibility index (Phi) is 2.27. The fraction of sp³-hybridized carbons (Fsp3) is 0.429. The monoisotopic (exact) mass is 154 g/mol. The van der Waals surface area contributed by atoms with E-state index < -0.39 is 0 Å². The maximum Gasteiger partial charge on any atom is 0.125 e. The van der Waals surface area contributed by atoms with Crippen LogP contribution in [0, 0.1) is 13.8 Å². The predicted molar refractivity (Wildman–Crippen MR) is 44.2 cm³/mol. The van der Waals surface area contributed by atoms with Gasteiger partial charge in [-0.2, -0.15) is 12.6 Å². The Hall–Kier alpha value is -0.570. The highest BCUT2D eigenvalue weighted by atomic mass is 32.1. The van der Waals surface area contributed by atoms with Crippen LogP contribution in [0.25, 0.3) is 0 Å². The van der Waals surface area contributed by atoms with Gasteiger partial charge in [-0.3, -0.25) is 0 Å². The van der Waals surface area contributed by atoms with E-state index in [1.807, 2.05) is 20.0 Å². The topological polar surface area (TPSA) is 25.8 Å². The van der Waals surface area contributed by atoms with E-state index in [4.69, 9.17) is 0 Å². The Bertz CT molecular complexity index is 235. The molecule has 0 aromatic carbocycles. The first-order chi connectivity index (χ1) is 4.74. The molecule has 0 aliphatic carbocycles. The molecule has 0 N–H and O–H groups in total. The molecule has 1 aromatic heterocycles. The van der Waals surface area contributed by atoms with Gasteiger partial charge in [-0.05, 0) is 13.8 Å². The number of aryl methyl sites for hydroxylation is 2. The zero-order chi connectivity index (χ0) is 7.56. The first-order valence-corrected chi connectivity index (χ1v) is 3.77. The average molecular weight is 154 g/mol. The van der Waals surface area contributed by atoms with Gasteiger partial charge in [-0.1, -0.05) is 0 Å². The molecular formula is C7H10N2S. The molecule has 1 heterocycles. The lowest BCUT2D eigenvalue weighted by Gasteiger charge is -1.99. The molecule has 0 aliphatic rings. The standard InChI is InChI=1S/C7H10N2S/c1-5-7(4-10)3-8-6(2)9-5/h3,10H,4H2,1-2H3. The van der Waals surface area contributed by atoms with E-state index in [1.54, 1.807) is 0 Å². The van der Waals surface area contributed by atoms with Crippen LogP contribution in [0.4, 0.5) is 0 Å². The van der Waals surface area contributed by atoms with Gasteiger partial charge < -0.3 is 0 Å². The lowest BCUT2D eigenvalue weighted by Crippen LogP contribution is -1.94. The number of nitrogens with zero attached hydrogens (tertiary/aromatic N) is 2. The normalized spacial score (nSPS) is 9.90. The first kappa shape index (κ1) is 7.54. The summed E-state index contributed by atoms with van der Waals surface area (Å²) in [5.41, 5.74) is 2.14. The van der Waals surface area contributed by atoms with Crippen molar-refractivity contribution >= 4 is 12.6 Å². The minimum absolute atomic E-state index is 0.714. The van der Waals surface area contributed by atoms with Gasteiger partial charge in [-0.25, -0.2) is 9.97 Å². The van der Waals surface area contributed by atoms with Crippen molar-refractivity contribution in [2.75, 3.05) is 0 Å². The van der Waals surface area contributed by atoms with Crippen molar-refractivity contribution in [3.8, 4) is 0 Å². The summed E-state index contributed by atoms with van der Waals surface area (Å²) in [6, 6.07) is 0. The molecule has 1 rings (SSSR count). The van der Waals surface area contributed by atoms with Crippen molar-refractivity contribution in [3.05, 3.63) is 23.3 Å². The minimum Gasteiger partial charge on any atom is -0.241 e. The number of hydrogen-bond donors (Lipinski definition) is 1. The maximum absolute atomic E-state index is 4.18. The second kappa shape index (κ2) is 3.01. The fourth-order valence-corrected chi connectivity index (χ4v) is 1.07. The van der Waals surface area contributed by atoms with Crippen LogP contribution in [-0.2, 0) is 5.75 Å². The van der Waals surface area contributed by atoms with Crippen molar-refractivity contribution in [2.45, 2.75) is 19.6 Å². The summed E-state index contributed by atoms with van der Waals surface area (Å²) in [7, 11) is 0. The highest BCUT2D eigenvalue weighted by molar-refractivity contribution is 7.79. The molecule has 2 nitrogen and oxygen atoms in total. The van der Waals surface area contributed by atoms with E-state index in [9.17, 15) is 0 Å². The molecule has 0 saturated heterocycles. The Balaban J connectivity index is 3.07. The molecule has 0 fully saturated rings. The number of aromatic nitrogens is 2. The Labute approximate surface area is 66.1 Å². The summed E-state index contributed by atoms with van der Waals surface area (Å²) in [5, 5.41) is 0. The molecule has 0 aliphatic heterocycles. The van der Waals surface area contributed by atoms with Crippen molar-refractivity contribution in [3.63, 3.8) is 0 Å². The lowest BCUT2D eigenvalue weighted by molar-refractivity contribution is 0.982. The van der Waals surface area contributed by atoms with E-state index >= 15 is 0 Å². The van der Waals surface area contributed by atoms with Crippen LogP contribution in [0.5, 0.6) is 0 Å². The van der Waals surface area contributed by atoms with Gasteiger partial charge in [0, 0.05) is 23.2 Å². The van der Waals surface area contributed by atoms with Crippen molar-refractivity contribution < 1.29 is 0 Å². The second-order valence-corrected chi connectivity index (χ2v) is 2.50.